The molecule has 72 valence electrons. The second-order valence-electron chi connectivity index (χ2n) is 2.30. The molecule has 0 aliphatic carbocycles. The molecule has 1 aromatic heterocycles. The number of aromatic amines is 1. The van der Waals surface area contributed by atoms with Gasteiger partial charge in [-0.2, -0.15) is 5.10 Å². The fraction of sp³-hybridized carbons (Fsp3) is 0.333. The zero-order valence-electron chi connectivity index (χ0n) is 6.94. The number of carbonyl (C=O) groups is 1. The van der Waals surface area contributed by atoms with Gasteiger partial charge in [0.15, 0.2) is 0 Å². The largest absolute Gasteiger partial charge is 0.282 e. The number of hydrogen-bond donors (Lipinski definition) is 2. The minimum absolute atomic E-state index is 0.122. The van der Waals surface area contributed by atoms with Crippen molar-refractivity contribution in [3.05, 3.63) is 18.0 Å². The summed E-state index contributed by atoms with van der Waals surface area (Å²) in [5.41, 5.74) is 0.122. The molecular formula is C6H9N3O3S. The molecule has 13 heavy (non-hydrogen) atoms. The highest BCUT2D eigenvalue weighted by Crippen LogP contribution is 1.93. The lowest BCUT2D eigenvalue weighted by molar-refractivity contribution is 0.0976. The van der Waals surface area contributed by atoms with Gasteiger partial charge in [-0.15, -0.1) is 0 Å². The number of amides is 1. The van der Waals surface area contributed by atoms with E-state index in [9.17, 15) is 13.2 Å². The molecule has 0 spiro atoms. The molecule has 0 bridgehead atoms. The van der Waals surface area contributed by atoms with E-state index in [1.165, 1.54) is 19.2 Å². The second kappa shape index (κ2) is 3.56. The average Bonchev–Trinajstić information content (AvgIpc) is 2.55. The second-order valence-corrected chi connectivity index (χ2v) is 4.32. The highest BCUT2D eigenvalue weighted by Gasteiger charge is 2.14. The molecule has 0 saturated carbocycles. The maximum absolute atomic E-state index is 11.1. The number of carbonyl (C=O) groups excluding carboxylic acids is 1. The van der Waals surface area contributed by atoms with Crippen LogP contribution in [0.5, 0.6) is 0 Å². The van der Waals surface area contributed by atoms with Crippen molar-refractivity contribution in [1.29, 1.82) is 0 Å². The third kappa shape index (κ3) is 2.55. The third-order valence-electron chi connectivity index (χ3n) is 1.37. The Morgan fingerprint density at radius 1 is 1.69 bits per heavy atom. The van der Waals surface area contributed by atoms with Gasteiger partial charge in [0.25, 0.3) is 5.91 Å². The molecule has 0 fully saturated rings. The Bertz CT molecular complexity index is 381. The first-order valence-corrected chi connectivity index (χ1v) is 5.24. The fourth-order valence-electron chi connectivity index (χ4n) is 0.651. The summed E-state index contributed by atoms with van der Waals surface area (Å²) in [6, 6.07) is 1.39. The molecule has 0 radical (unpaired) electrons. The van der Waals surface area contributed by atoms with E-state index in [1.54, 1.807) is 0 Å². The minimum Gasteiger partial charge on any atom is -0.273 e. The number of aromatic nitrogens is 2. The molecule has 1 heterocycles. The van der Waals surface area contributed by atoms with Crippen LogP contribution in [0.3, 0.4) is 0 Å². The summed E-state index contributed by atoms with van der Waals surface area (Å²) in [4.78, 5) is 11.1. The molecule has 7 heteroatoms. The quantitative estimate of drug-likeness (QED) is 0.692. The van der Waals surface area contributed by atoms with E-state index < -0.39 is 15.9 Å². The number of hydrogen-bond acceptors (Lipinski definition) is 4. The maximum atomic E-state index is 11.1. The van der Waals surface area contributed by atoms with Gasteiger partial charge >= 0.3 is 0 Å². The fourth-order valence-corrected chi connectivity index (χ4v) is 1.19. The van der Waals surface area contributed by atoms with Crippen LogP contribution in [0.2, 0.25) is 0 Å². The first-order chi connectivity index (χ1) is 6.05. The Hall–Kier alpha value is -1.37. The van der Waals surface area contributed by atoms with Crippen molar-refractivity contribution in [3.8, 4) is 0 Å². The normalized spacial score (nSPS) is 11.2. The van der Waals surface area contributed by atoms with Gasteiger partial charge in [0.2, 0.25) is 10.0 Å². The molecule has 1 amide bonds. The van der Waals surface area contributed by atoms with Gasteiger partial charge in [0, 0.05) is 6.20 Å². The van der Waals surface area contributed by atoms with Crippen LogP contribution < -0.4 is 4.72 Å². The van der Waals surface area contributed by atoms with E-state index in [1.807, 2.05) is 4.72 Å². The third-order valence-corrected chi connectivity index (χ3v) is 2.63. The smallest absolute Gasteiger partial charge is 0.273 e. The highest BCUT2D eigenvalue weighted by molar-refractivity contribution is 7.90. The van der Waals surface area contributed by atoms with Gasteiger partial charge in [-0.25, -0.2) is 13.1 Å². The Morgan fingerprint density at radius 3 is 2.85 bits per heavy atom. The molecule has 6 nitrogen and oxygen atoms in total. The Labute approximate surface area is 75.4 Å². The van der Waals surface area contributed by atoms with Gasteiger partial charge in [0.05, 0.1) is 5.75 Å². The van der Waals surface area contributed by atoms with Crippen molar-refractivity contribution in [2.24, 2.45) is 0 Å². The van der Waals surface area contributed by atoms with Crippen LogP contribution in [0.25, 0.3) is 0 Å². The zero-order valence-corrected chi connectivity index (χ0v) is 7.76. The summed E-state index contributed by atoms with van der Waals surface area (Å²) in [7, 11) is -3.49. The molecule has 0 aromatic carbocycles. The van der Waals surface area contributed by atoms with Gasteiger partial charge in [-0.3, -0.25) is 9.89 Å². The SMILES string of the molecule is CCS(=O)(=O)NC(=O)c1ccn[nH]1. The van der Waals surface area contributed by atoms with Crippen molar-refractivity contribution in [1.82, 2.24) is 14.9 Å². The molecule has 0 unspecified atom stereocenters. The summed E-state index contributed by atoms with van der Waals surface area (Å²) in [5.74, 6) is -0.827. The molecule has 1 rings (SSSR count). The molecule has 0 aliphatic heterocycles. The van der Waals surface area contributed by atoms with Crippen molar-refractivity contribution in [3.63, 3.8) is 0 Å². The van der Waals surface area contributed by atoms with E-state index in [0.717, 1.165) is 0 Å². The van der Waals surface area contributed by atoms with Crippen molar-refractivity contribution in [2.45, 2.75) is 6.92 Å². The maximum Gasteiger partial charge on any atom is 0.282 e. The lowest BCUT2D eigenvalue weighted by Crippen LogP contribution is -2.31. The van der Waals surface area contributed by atoms with E-state index in [4.69, 9.17) is 0 Å². The van der Waals surface area contributed by atoms with Crippen LogP contribution in [0, 0.1) is 0 Å². The van der Waals surface area contributed by atoms with Crippen LogP contribution in [0.4, 0.5) is 0 Å². The van der Waals surface area contributed by atoms with Gasteiger partial charge < -0.3 is 0 Å². The molecule has 0 atom stereocenters. The van der Waals surface area contributed by atoms with E-state index in [-0.39, 0.29) is 11.4 Å². The molecular weight excluding hydrogens is 194 g/mol. The van der Waals surface area contributed by atoms with Crippen LogP contribution >= 0.6 is 0 Å². The Morgan fingerprint density at radius 2 is 2.38 bits per heavy atom. The summed E-state index contributed by atoms with van der Waals surface area (Å²) >= 11 is 0. The molecule has 2 N–H and O–H groups in total. The standard InChI is InChI=1S/C6H9N3O3S/c1-2-13(11,12)9-6(10)5-3-4-7-8-5/h3-4H,2H2,1H3,(H,7,8)(H,9,10). The lowest BCUT2D eigenvalue weighted by Gasteiger charge is -2.01. The van der Waals surface area contributed by atoms with Crippen LogP contribution in [0.15, 0.2) is 12.3 Å². The highest BCUT2D eigenvalue weighted by atomic mass is 32.2. The van der Waals surface area contributed by atoms with Crippen LogP contribution in [-0.4, -0.2) is 30.3 Å². The number of H-pyrrole nitrogens is 1. The lowest BCUT2D eigenvalue weighted by atomic mass is 10.4. The van der Waals surface area contributed by atoms with E-state index in [2.05, 4.69) is 10.2 Å². The molecule has 0 saturated heterocycles. The first kappa shape index (κ1) is 9.72. The Kier molecular flexibility index (Phi) is 2.66. The predicted octanol–water partition coefficient (Wildman–Crippen LogP) is -0.511. The predicted molar refractivity (Wildman–Crippen MR) is 45.5 cm³/mol. The molecule has 0 aliphatic rings. The number of sulfonamides is 1. The average molecular weight is 203 g/mol. The van der Waals surface area contributed by atoms with Gasteiger partial charge in [-0.05, 0) is 13.0 Å². The van der Waals surface area contributed by atoms with E-state index >= 15 is 0 Å². The number of nitrogens with one attached hydrogen (secondary N) is 2. The van der Waals surface area contributed by atoms with Crippen LogP contribution in [0.1, 0.15) is 17.4 Å². The zero-order chi connectivity index (χ0) is 9.90. The first-order valence-electron chi connectivity index (χ1n) is 3.59. The summed E-state index contributed by atoms with van der Waals surface area (Å²) in [6.45, 7) is 1.45. The van der Waals surface area contributed by atoms with Gasteiger partial charge in [-0.1, -0.05) is 0 Å². The Balaban J connectivity index is 2.73. The number of nitrogens with zero attached hydrogens (tertiary/aromatic N) is 1. The van der Waals surface area contributed by atoms with E-state index in [0.29, 0.717) is 0 Å². The van der Waals surface area contributed by atoms with Gasteiger partial charge in [0.1, 0.15) is 5.69 Å². The minimum atomic E-state index is -3.49. The summed E-state index contributed by atoms with van der Waals surface area (Å²) in [6.07, 6.45) is 1.37. The van der Waals surface area contributed by atoms with Crippen LogP contribution in [-0.2, 0) is 10.0 Å². The number of rotatable bonds is 3. The molecule has 1 aromatic rings. The van der Waals surface area contributed by atoms with Crippen molar-refractivity contribution < 1.29 is 13.2 Å². The van der Waals surface area contributed by atoms with Crippen molar-refractivity contribution in [2.75, 3.05) is 5.75 Å². The van der Waals surface area contributed by atoms with Crippen molar-refractivity contribution >= 4 is 15.9 Å². The summed E-state index contributed by atoms with van der Waals surface area (Å²) < 4.78 is 23.7. The monoisotopic (exact) mass is 203 g/mol. The summed E-state index contributed by atoms with van der Waals surface area (Å²) in [5, 5.41) is 5.88. The topological polar surface area (TPSA) is 91.9 Å².